The Kier molecular flexibility index (Phi) is 5.68. The summed E-state index contributed by atoms with van der Waals surface area (Å²) < 4.78 is 0. The summed E-state index contributed by atoms with van der Waals surface area (Å²) in [5, 5.41) is 0. The van der Waals surface area contributed by atoms with Gasteiger partial charge in [-0.25, -0.2) is 15.0 Å². The highest BCUT2D eigenvalue weighted by molar-refractivity contribution is 5.80. The van der Waals surface area contributed by atoms with Crippen molar-refractivity contribution in [3.05, 3.63) is 40.1 Å². The maximum atomic E-state index is 13.0. The van der Waals surface area contributed by atoms with Gasteiger partial charge < -0.3 is 9.88 Å². The van der Waals surface area contributed by atoms with Crippen LogP contribution in [0.3, 0.4) is 0 Å². The van der Waals surface area contributed by atoms with E-state index < -0.39 is 0 Å². The van der Waals surface area contributed by atoms with Crippen molar-refractivity contribution < 1.29 is 4.79 Å². The van der Waals surface area contributed by atoms with Crippen molar-refractivity contribution >= 4 is 5.91 Å². The van der Waals surface area contributed by atoms with Gasteiger partial charge in [0.15, 0.2) is 11.6 Å². The second-order valence-corrected chi connectivity index (χ2v) is 7.39. The van der Waals surface area contributed by atoms with Crippen LogP contribution < -0.4 is 5.56 Å². The SMILES string of the molecule is CCC(C)C(C)N(C(=O)Cc1c(C)nc(-c2ncccn2)[nH]c1=O)C1CC1. The zero-order valence-corrected chi connectivity index (χ0v) is 16.4. The van der Waals surface area contributed by atoms with Gasteiger partial charge in [0.05, 0.1) is 6.42 Å². The van der Waals surface area contributed by atoms with Crippen LogP contribution in [-0.2, 0) is 11.2 Å². The minimum absolute atomic E-state index is 0.00408. The van der Waals surface area contributed by atoms with E-state index in [1.54, 1.807) is 25.4 Å². The van der Waals surface area contributed by atoms with Crippen molar-refractivity contribution in [3.8, 4) is 11.6 Å². The molecule has 1 saturated carbocycles. The van der Waals surface area contributed by atoms with Crippen LogP contribution in [0.25, 0.3) is 11.6 Å². The number of aromatic amines is 1. The summed E-state index contributed by atoms with van der Waals surface area (Å²) in [5.74, 6) is 1.11. The van der Waals surface area contributed by atoms with E-state index in [2.05, 4.69) is 40.7 Å². The summed E-state index contributed by atoms with van der Waals surface area (Å²) in [6, 6.07) is 2.18. The second kappa shape index (κ2) is 7.98. The Labute approximate surface area is 159 Å². The minimum Gasteiger partial charge on any atom is -0.336 e. The largest absolute Gasteiger partial charge is 0.336 e. The zero-order valence-electron chi connectivity index (χ0n) is 16.4. The van der Waals surface area contributed by atoms with Crippen LogP contribution in [0, 0.1) is 12.8 Å². The summed E-state index contributed by atoms with van der Waals surface area (Å²) in [4.78, 5) is 43.0. The van der Waals surface area contributed by atoms with Gasteiger partial charge in [-0.3, -0.25) is 9.59 Å². The molecule has 0 bridgehead atoms. The van der Waals surface area contributed by atoms with E-state index in [4.69, 9.17) is 0 Å². The number of nitrogens with one attached hydrogen (secondary N) is 1. The van der Waals surface area contributed by atoms with E-state index in [0.717, 1.165) is 19.3 Å². The highest BCUT2D eigenvalue weighted by Crippen LogP contribution is 2.32. The Hall–Kier alpha value is -2.57. The molecule has 0 radical (unpaired) electrons. The van der Waals surface area contributed by atoms with Gasteiger partial charge in [0.25, 0.3) is 5.56 Å². The molecule has 2 aromatic rings. The maximum Gasteiger partial charge on any atom is 0.255 e. The first kappa shape index (κ1) is 19.2. The van der Waals surface area contributed by atoms with Gasteiger partial charge >= 0.3 is 0 Å². The molecule has 7 heteroatoms. The van der Waals surface area contributed by atoms with Crippen LogP contribution in [0.1, 0.15) is 51.3 Å². The van der Waals surface area contributed by atoms with Crippen LogP contribution >= 0.6 is 0 Å². The topological polar surface area (TPSA) is 91.8 Å². The number of H-pyrrole nitrogens is 1. The van der Waals surface area contributed by atoms with Gasteiger partial charge in [0.1, 0.15) is 0 Å². The number of aromatic nitrogens is 4. The molecule has 1 amide bonds. The fourth-order valence-electron chi connectivity index (χ4n) is 3.32. The number of nitrogens with zero attached hydrogens (tertiary/aromatic N) is 4. The summed E-state index contributed by atoms with van der Waals surface area (Å²) in [5.41, 5.74) is 0.661. The highest BCUT2D eigenvalue weighted by atomic mass is 16.2. The number of rotatable bonds is 7. The third kappa shape index (κ3) is 4.23. The van der Waals surface area contributed by atoms with E-state index >= 15 is 0 Å². The summed E-state index contributed by atoms with van der Waals surface area (Å²) in [6.45, 7) is 8.17. The van der Waals surface area contributed by atoms with Crippen molar-refractivity contribution in [1.29, 1.82) is 0 Å². The fraction of sp³-hybridized carbons (Fsp3) is 0.550. The van der Waals surface area contributed by atoms with Crippen molar-refractivity contribution in [2.75, 3.05) is 0 Å². The van der Waals surface area contributed by atoms with Crippen molar-refractivity contribution in [1.82, 2.24) is 24.8 Å². The lowest BCUT2D eigenvalue weighted by molar-refractivity contribution is -0.134. The Balaban J connectivity index is 1.84. The third-order valence-corrected chi connectivity index (χ3v) is 5.46. The van der Waals surface area contributed by atoms with Crippen molar-refractivity contribution in [3.63, 3.8) is 0 Å². The first-order chi connectivity index (χ1) is 12.9. The van der Waals surface area contributed by atoms with E-state index in [-0.39, 0.29) is 23.9 Å². The molecule has 27 heavy (non-hydrogen) atoms. The average molecular weight is 369 g/mol. The molecule has 2 aromatic heterocycles. The van der Waals surface area contributed by atoms with Crippen LogP contribution in [0.4, 0.5) is 0 Å². The predicted molar refractivity (Wildman–Crippen MR) is 103 cm³/mol. The molecule has 0 aliphatic heterocycles. The molecule has 1 aliphatic carbocycles. The quantitative estimate of drug-likeness (QED) is 0.809. The number of hydrogen-bond donors (Lipinski definition) is 1. The van der Waals surface area contributed by atoms with Crippen molar-refractivity contribution in [2.45, 2.75) is 65.5 Å². The van der Waals surface area contributed by atoms with Gasteiger partial charge in [-0.15, -0.1) is 0 Å². The Morgan fingerprint density at radius 2 is 1.96 bits per heavy atom. The molecule has 7 nitrogen and oxygen atoms in total. The third-order valence-electron chi connectivity index (χ3n) is 5.46. The Morgan fingerprint density at radius 1 is 1.30 bits per heavy atom. The Morgan fingerprint density at radius 3 is 2.52 bits per heavy atom. The minimum atomic E-state index is -0.301. The van der Waals surface area contributed by atoms with Crippen LogP contribution in [0.2, 0.25) is 0 Å². The van der Waals surface area contributed by atoms with E-state index in [1.807, 2.05) is 4.90 Å². The van der Waals surface area contributed by atoms with Crippen molar-refractivity contribution in [2.24, 2.45) is 5.92 Å². The number of amides is 1. The average Bonchev–Trinajstić information content (AvgIpc) is 3.49. The fourth-order valence-corrected chi connectivity index (χ4v) is 3.32. The first-order valence-electron chi connectivity index (χ1n) is 9.60. The molecular formula is C20H27N5O2. The predicted octanol–water partition coefficient (Wildman–Crippen LogP) is 2.50. The lowest BCUT2D eigenvalue weighted by Crippen LogP contribution is -2.45. The first-order valence-corrected chi connectivity index (χ1v) is 9.60. The van der Waals surface area contributed by atoms with Crippen LogP contribution in [-0.4, -0.2) is 42.8 Å². The highest BCUT2D eigenvalue weighted by Gasteiger charge is 2.37. The van der Waals surface area contributed by atoms with Crippen LogP contribution in [0.15, 0.2) is 23.3 Å². The smallest absolute Gasteiger partial charge is 0.255 e. The molecule has 0 saturated heterocycles. The monoisotopic (exact) mass is 369 g/mol. The van der Waals surface area contributed by atoms with Crippen LogP contribution in [0.5, 0.6) is 0 Å². The maximum absolute atomic E-state index is 13.0. The molecule has 0 aromatic carbocycles. The molecule has 1 aliphatic rings. The molecule has 3 rings (SSSR count). The second-order valence-electron chi connectivity index (χ2n) is 7.39. The van der Waals surface area contributed by atoms with Gasteiger partial charge in [-0.05, 0) is 38.7 Å². The lowest BCUT2D eigenvalue weighted by atomic mass is 9.98. The molecule has 1 N–H and O–H groups in total. The summed E-state index contributed by atoms with van der Waals surface area (Å²) in [6.07, 6.45) is 6.37. The standard InChI is InChI=1S/C20H27N5O2/c1-5-12(2)14(4)25(15-7-8-15)17(26)11-16-13(3)23-19(24-20(16)27)18-21-9-6-10-22-18/h6,9-10,12,14-15H,5,7-8,11H2,1-4H3,(H,23,24,27). The molecule has 2 atom stereocenters. The normalized spacial score (nSPS) is 16.0. The van der Waals surface area contributed by atoms with Gasteiger partial charge in [0.2, 0.25) is 5.91 Å². The van der Waals surface area contributed by atoms with Gasteiger partial charge in [-0.2, -0.15) is 0 Å². The lowest BCUT2D eigenvalue weighted by Gasteiger charge is -2.33. The van der Waals surface area contributed by atoms with Gasteiger partial charge in [0, 0.05) is 35.7 Å². The molecular weight excluding hydrogens is 342 g/mol. The molecule has 2 heterocycles. The molecule has 0 spiro atoms. The number of carbonyl (C=O) groups excluding carboxylic acids is 1. The molecule has 144 valence electrons. The summed E-state index contributed by atoms with van der Waals surface area (Å²) in [7, 11) is 0. The molecule has 2 unspecified atom stereocenters. The zero-order chi connectivity index (χ0) is 19.6. The number of hydrogen-bond acceptors (Lipinski definition) is 5. The van der Waals surface area contributed by atoms with E-state index in [9.17, 15) is 9.59 Å². The Bertz CT molecular complexity index is 860. The summed E-state index contributed by atoms with van der Waals surface area (Å²) >= 11 is 0. The van der Waals surface area contributed by atoms with Gasteiger partial charge in [-0.1, -0.05) is 20.3 Å². The number of aryl methyl sites for hydroxylation is 1. The molecule has 1 fully saturated rings. The van der Waals surface area contributed by atoms with E-state index in [0.29, 0.717) is 34.9 Å². The number of carbonyl (C=O) groups is 1. The van der Waals surface area contributed by atoms with E-state index in [1.165, 1.54) is 0 Å².